The molecule has 0 amide bonds. The first-order valence-corrected chi connectivity index (χ1v) is 9.01. The van der Waals surface area contributed by atoms with Gasteiger partial charge in [0.1, 0.15) is 7.05 Å². The zero-order valence-electron chi connectivity index (χ0n) is 12.1. The van der Waals surface area contributed by atoms with E-state index in [4.69, 9.17) is 4.43 Å². The zero-order chi connectivity index (χ0) is 13.7. The molecule has 17 heavy (non-hydrogen) atoms. The topological polar surface area (TPSA) is 35.3 Å². The standard InChI is InChI=1S/C13H27NO2Si/c1-8-12(9-10-14(5)15)11-16-17(6,7)13(2,3)4/h8,10,12H,1,9,11H2,2-7H3/b14-10+. The normalized spacial score (nSPS) is 15.8. The Morgan fingerprint density at radius 1 is 1.41 bits per heavy atom. The SMILES string of the molecule is C=CC(C/C=[N+](\C)[O-])CO[Si](C)(C)C(C)(C)C. The molecule has 0 bridgehead atoms. The Balaban J connectivity index is 4.34. The average molecular weight is 257 g/mol. The Kier molecular flexibility index (Phi) is 6.13. The van der Waals surface area contributed by atoms with Gasteiger partial charge in [0, 0.05) is 18.9 Å². The molecule has 0 aromatic carbocycles. The maximum atomic E-state index is 10.8. The van der Waals surface area contributed by atoms with E-state index in [9.17, 15) is 5.21 Å². The molecular formula is C13H27NO2Si. The van der Waals surface area contributed by atoms with Crippen LogP contribution in [0.5, 0.6) is 0 Å². The summed E-state index contributed by atoms with van der Waals surface area (Å²) in [5.41, 5.74) is 0. The van der Waals surface area contributed by atoms with Crippen molar-refractivity contribution in [1.29, 1.82) is 0 Å². The summed E-state index contributed by atoms with van der Waals surface area (Å²) in [7, 11) is -0.199. The van der Waals surface area contributed by atoms with Gasteiger partial charge >= 0.3 is 0 Å². The molecule has 0 aromatic heterocycles. The lowest BCUT2D eigenvalue weighted by Crippen LogP contribution is -2.41. The third-order valence-corrected chi connectivity index (χ3v) is 7.96. The molecule has 0 radical (unpaired) electrons. The zero-order valence-corrected chi connectivity index (χ0v) is 13.1. The molecule has 4 heteroatoms. The van der Waals surface area contributed by atoms with E-state index in [-0.39, 0.29) is 11.0 Å². The lowest BCUT2D eigenvalue weighted by molar-refractivity contribution is -0.418. The number of hydroxylamine groups is 1. The molecular weight excluding hydrogens is 230 g/mol. The molecule has 0 aliphatic carbocycles. The molecule has 1 atom stereocenters. The number of hydrogen-bond donors (Lipinski definition) is 0. The first-order valence-electron chi connectivity index (χ1n) is 6.10. The fourth-order valence-corrected chi connectivity index (χ4v) is 2.11. The van der Waals surface area contributed by atoms with Crippen molar-refractivity contribution in [3.05, 3.63) is 17.9 Å². The molecule has 0 spiro atoms. The molecule has 0 N–H and O–H groups in total. The van der Waals surface area contributed by atoms with Crippen molar-refractivity contribution in [3.8, 4) is 0 Å². The van der Waals surface area contributed by atoms with Crippen molar-refractivity contribution in [1.82, 2.24) is 0 Å². The van der Waals surface area contributed by atoms with Crippen LogP contribution in [0.3, 0.4) is 0 Å². The number of hydrogen-bond acceptors (Lipinski definition) is 2. The molecule has 1 unspecified atom stereocenters. The van der Waals surface area contributed by atoms with E-state index in [1.807, 2.05) is 6.08 Å². The van der Waals surface area contributed by atoms with Crippen LogP contribution in [0.25, 0.3) is 0 Å². The smallest absolute Gasteiger partial charge is 0.192 e. The first-order chi connectivity index (χ1) is 7.60. The summed E-state index contributed by atoms with van der Waals surface area (Å²) in [4.78, 5) is 0. The van der Waals surface area contributed by atoms with Crippen LogP contribution in [-0.2, 0) is 4.43 Å². The molecule has 0 aliphatic heterocycles. The van der Waals surface area contributed by atoms with Crippen LogP contribution < -0.4 is 0 Å². The summed E-state index contributed by atoms with van der Waals surface area (Å²) >= 11 is 0. The van der Waals surface area contributed by atoms with Crippen LogP contribution >= 0.6 is 0 Å². The van der Waals surface area contributed by atoms with Crippen molar-refractivity contribution >= 4 is 14.5 Å². The second-order valence-electron chi connectivity index (χ2n) is 6.03. The third kappa shape index (κ3) is 6.03. The largest absolute Gasteiger partial charge is 0.624 e. The van der Waals surface area contributed by atoms with Gasteiger partial charge in [0.05, 0.1) is 0 Å². The van der Waals surface area contributed by atoms with Crippen LogP contribution in [0.1, 0.15) is 27.2 Å². The van der Waals surface area contributed by atoms with E-state index in [1.165, 1.54) is 7.05 Å². The lowest BCUT2D eigenvalue weighted by atomic mass is 10.1. The Morgan fingerprint density at radius 3 is 2.29 bits per heavy atom. The minimum atomic E-state index is -1.69. The van der Waals surface area contributed by atoms with E-state index in [2.05, 4.69) is 40.4 Å². The van der Waals surface area contributed by atoms with Gasteiger partial charge in [-0.15, -0.1) is 6.58 Å². The summed E-state index contributed by atoms with van der Waals surface area (Å²) in [6.45, 7) is 15.6. The maximum absolute atomic E-state index is 10.8. The minimum Gasteiger partial charge on any atom is -0.624 e. The van der Waals surface area contributed by atoms with E-state index < -0.39 is 8.32 Å². The summed E-state index contributed by atoms with van der Waals surface area (Å²) in [6.07, 6.45) is 4.19. The van der Waals surface area contributed by atoms with Crippen LogP contribution in [0.4, 0.5) is 0 Å². The molecule has 100 valence electrons. The van der Waals surface area contributed by atoms with Crippen molar-refractivity contribution in [3.63, 3.8) is 0 Å². The Bertz CT molecular complexity index is 276. The quantitative estimate of drug-likeness (QED) is 0.182. The highest BCUT2D eigenvalue weighted by Gasteiger charge is 2.37. The number of rotatable bonds is 6. The van der Waals surface area contributed by atoms with Gasteiger partial charge in [0.2, 0.25) is 0 Å². The highest BCUT2D eigenvalue weighted by atomic mass is 28.4. The predicted molar refractivity (Wildman–Crippen MR) is 77.1 cm³/mol. The summed E-state index contributed by atoms with van der Waals surface area (Å²) in [6, 6.07) is 0. The fraction of sp³-hybridized carbons (Fsp3) is 0.769. The molecule has 0 rings (SSSR count). The van der Waals surface area contributed by atoms with Gasteiger partial charge in [0.15, 0.2) is 14.5 Å². The van der Waals surface area contributed by atoms with Crippen LogP contribution in [0, 0.1) is 11.1 Å². The Morgan fingerprint density at radius 2 is 1.94 bits per heavy atom. The monoisotopic (exact) mass is 257 g/mol. The first kappa shape index (κ1) is 16.4. The van der Waals surface area contributed by atoms with Gasteiger partial charge in [-0.25, -0.2) is 4.74 Å². The van der Waals surface area contributed by atoms with E-state index in [0.29, 0.717) is 13.0 Å². The van der Waals surface area contributed by atoms with Gasteiger partial charge in [-0.3, -0.25) is 0 Å². The molecule has 0 heterocycles. The van der Waals surface area contributed by atoms with Gasteiger partial charge in [0.25, 0.3) is 0 Å². The van der Waals surface area contributed by atoms with Gasteiger partial charge < -0.3 is 9.63 Å². The van der Waals surface area contributed by atoms with Crippen LogP contribution in [0.2, 0.25) is 18.1 Å². The molecule has 0 aromatic rings. The van der Waals surface area contributed by atoms with Crippen molar-refractivity contribution < 1.29 is 9.16 Å². The molecule has 0 saturated heterocycles. The second kappa shape index (κ2) is 6.35. The fourth-order valence-electron chi connectivity index (χ4n) is 1.05. The van der Waals surface area contributed by atoms with Gasteiger partial charge in [-0.2, -0.15) is 0 Å². The highest BCUT2D eigenvalue weighted by molar-refractivity contribution is 6.74. The van der Waals surface area contributed by atoms with Crippen LogP contribution in [-0.4, -0.2) is 32.9 Å². The lowest BCUT2D eigenvalue weighted by Gasteiger charge is -2.36. The Labute approximate surface area is 107 Å². The third-order valence-electron chi connectivity index (χ3n) is 3.46. The summed E-state index contributed by atoms with van der Waals surface area (Å²) in [5.74, 6) is 0.223. The van der Waals surface area contributed by atoms with Gasteiger partial charge in [-0.1, -0.05) is 26.8 Å². The Hall–Kier alpha value is -0.613. The number of nitrogens with zero attached hydrogens (tertiary/aromatic N) is 1. The van der Waals surface area contributed by atoms with E-state index in [1.54, 1.807) is 6.21 Å². The molecule has 3 nitrogen and oxygen atoms in total. The highest BCUT2D eigenvalue weighted by Crippen LogP contribution is 2.36. The maximum Gasteiger partial charge on any atom is 0.192 e. The molecule has 0 fully saturated rings. The van der Waals surface area contributed by atoms with Crippen molar-refractivity contribution in [2.45, 2.75) is 45.3 Å². The summed E-state index contributed by atoms with van der Waals surface area (Å²) in [5, 5.41) is 11.0. The molecule has 0 saturated carbocycles. The average Bonchev–Trinajstić information content (AvgIpc) is 2.15. The second-order valence-corrected chi connectivity index (χ2v) is 10.8. The van der Waals surface area contributed by atoms with Crippen LogP contribution in [0.15, 0.2) is 12.7 Å². The molecule has 0 aliphatic rings. The van der Waals surface area contributed by atoms with E-state index in [0.717, 1.165) is 4.74 Å². The van der Waals surface area contributed by atoms with E-state index >= 15 is 0 Å². The van der Waals surface area contributed by atoms with Crippen molar-refractivity contribution in [2.75, 3.05) is 13.7 Å². The van der Waals surface area contributed by atoms with Crippen molar-refractivity contribution in [2.24, 2.45) is 5.92 Å². The minimum absolute atomic E-state index is 0.220. The van der Waals surface area contributed by atoms with Gasteiger partial charge in [-0.05, 0) is 18.1 Å². The predicted octanol–water partition coefficient (Wildman–Crippen LogP) is 3.41. The summed E-state index contributed by atoms with van der Waals surface area (Å²) < 4.78 is 6.94.